The van der Waals surface area contributed by atoms with Gasteiger partial charge in [-0.05, 0) is 36.2 Å². The molecular formula is C17H17F2NS. The van der Waals surface area contributed by atoms with Gasteiger partial charge in [-0.1, -0.05) is 24.3 Å². The minimum absolute atomic E-state index is 0.164. The molecule has 0 aliphatic carbocycles. The van der Waals surface area contributed by atoms with Crippen LogP contribution in [0.15, 0.2) is 42.5 Å². The lowest BCUT2D eigenvalue weighted by Gasteiger charge is -2.29. The first-order chi connectivity index (χ1) is 10.1. The SMILES string of the molecule is CC(NC1CSCc2ccccc21)c1cc(F)ccc1F. The van der Waals surface area contributed by atoms with Gasteiger partial charge in [0, 0.05) is 29.2 Å². The number of nitrogens with one attached hydrogen (secondary N) is 1. The van der Waals surface area contributed by atoms with Crippen molar-refractivity contribution < 1.29 is 8.78 Å². The minimum atomic E-state index is -0.404. The predicted molar refractivity (Wildman–Crippen MR) is 83.3 cm³/mol. The number of hydrogen-bond acceptors (Lipinski definition) is 2. The van der Waals surface area contributed by atoms with Gasteiger partial charge in [-0.15, -0.1) is 0 Å². The van der Waals surface area contributed by atoms with Crippen LogP contribution in [0.2, 0.25) is 0 Å². The number of halogens is 2. The zero-order valence-electron chi connectivity index (χ0n) is 11.8. The summed E-state index contributed by atoms with van der Waals surface area (Å²) < 4.78 is 27.2. The zero-order valence-corrected chi connectivity index (χ0v) is 12.6. The van der Waals surface area contributed by atoms with Crippen molar-refractivity contribution in [1.29, 1.82) is 0 Å². The van der Waals surface area contributed by atoms with Crippen molar-refractivity contribution in [3.63, 3.8) is 0 Å². The fourth-order valence-electron chi connectivity index (χ4n) is 2.76. The third-order valence-electron chi connectivity index (χ3n) is 3.85. The molecule has 0 saturated heterocycles. The van der Waals surface area contributed by atoms with E-state index in [0.29, 0.717) is 5.56 Å². The van der Waals surface area contributed by atoms with Crippen LogP contribution in [0.3, 0.4) is 0 Å². The molecule has 2 unspecified atom stereocenters. The van der Waals surface area contributed by atoms with Gasteiger partial charge in [0.15, 0.2) is 0 Å². The van der Waals surface area contributed by atoms with Crippen LogP contribution >= 0.6 is 11.8 Å². The van der Waals surface area contributed by atoms with Crippen molar-refractivity contribution in [1.82, 2.24) is 5.32 Å². The molecule has 0 saturated carbocycles. The van der Waals surface area contributed by atoms with Crippen molar-refractivity contribution in [2.75, 3.05) is 5.75 Å². The highest BCUT2D eigenvalue weighted by Crippen LogP contribution is 2.33. The summed E-state index contributed by atoms with van der Waals surface area (Å²) in [6.07, 6.45) is 0. The highest BCUT2D eigenvalue weighted by molar-refractivity contribution is 7.98. The summed E-state index contributed by atoms with van der Waals surface area (Å²) in [6, 6.07) is 11.8. The molecule has 0 radical (unpaired) electrons. The Morgan fingerprint density at radius 1 is 1.19 bits per heavy atom. The average Bonchev–Trinajstić information content (AvgIpc) is 2.50. The van der Waals surface area contributed by atoms with E-state index in [9.17, 15) is 8.78 Å². The fourth-order valence-corrected chi connectivity index (χ4v) is 3.87. The smallest absolute Gasteiger partial charge is 0.128 e. The van der Waals surface area contributed by atoms with E-state index < -0.39 is 5.82 Å². The van der Waals surface area contributed by atoms with Gasteiger partial charge in [0.2, 0.25) is 0 Å². The molecule has 1 heterocycles. The van der Waals surface area contributed by atoms with Crippen molar-refractivity contribution in [2.24, 2.45) is 0 Å². The number of thioether (sulfide) groups is 1. The Labute approximate surface area is 127 Å². The first-order valence-electron chi connectivity index (χ1n) is 7.01. The summed E-state index contributed by atoms with van der Waals surface area (Å²) in [5.41, 5.74) is 2.96. The lowest BCUT2D eigenvalue weighted by atomic mass is 9.99. The molecule has 0 bridgehead atoms. The molecule has 1 nitrogen and oxygen atoms in total. The van der Waals surface area contributed by atoms with Crippen LogP contribution in [0.1, 0.15) is 35.7 Å². The topological polar surface area (TPSA) is 12.0 Å². The Bertz CT molecular complexity index is 644. The van der Waals surface area contributed by atoms with Gasteiger partial charge in [-0.25, -0.2) is 8.78 Å². The second kappa shape index (κ2) is 6.16. The number of fused-ring (bicyclic) bond motifs is 1. The molecule has 2 atom stereocenters. The highest BCUT2D eigenvalue weighted by atomic mass is 32.2. The second-order valence-corrected chi connectivity index (χ2v) is 6.35. The molecule has 0 aromatic heterocycles. The van der Waals surface area contributed by atoms with Gasteiger partial charge >= 0.3 is 0 Å². The fraction of sp³-hybridized carbons (Fsp3) is 0.294. The third-order valence-corrected chi connectivity index (χ3v) is 4.93. The van der Waals surface area contributed by atoms with Crippen molar-refractivity contribution >= 4 is 11.8 Å². The van der Waals surface area contributed by atoms with E-state index in [0.717, 1.165) is 17.6 Å². The quantitative estimate of drug-likeness (QED) is 0.889. The minimum Gasteiger partial charge on any atom is -0.302 e. The van der Waals surface area contributed by atoms with Crippen LogP contribution in [0.4, 0.5) is 8.78 Å². The van der Waals surface area contributed by atoms with Gasteiger partial charge < -0.3 is 5.32 Å². The summed E-state index contributed by atoms with van der Waals surface area (Å²) in [5.74, 6) is 1.18. The van der Waals surface area contributed by atoms with Crippen LogP contribution in [-0.4, -0.2) is 5.75 Å². The van der Waals surface area contributed by atoms with Crippen LogP contribution in [0.5, 0.6) is 0 Å². The Kier molecular flexibility index (Phi) is 4.27. The standard InChI is InChI=1S/C17H17F2NS/c1-11(15-8-13(18)6-7-16(15)19)20-17-10-21-9-12-4-2-3-5-14(12)17/h2-8,11,17,20H,9-10H2,1H3. The summed E-state index contributed by atoms with van der Waals surface area (Å²) in [5, 5.41) is 3.43. The van der Waals surface area contributed by atoms with Gasteiger partial charge in [0.1, 0.15) is 11.6 Å². The Morgan fingerprint density at radius 2 is 2.00 bits per heavy atom. The predicted octanol–water partition coefficient (Wildman–Crippen LogP) is 4.60. The lowest BCUT2D eigenvalue weighted by molar-refractivity contribution is 0.470. The van der Waals surface area contributed by atoms with Crippen molar-refractivity contribution in [3.8, 4) is 0 Å². The van der Waals surface area contributed by atoms with Crippen LogP contribution in [0, 0.1) is 11.6 Å². The van der Waals surface area contributed by atoms with Gasteiger partial charge in [0.05, 0.1) is 0 Å². The van der Waals surface area contributed by atoms with E-state index in [-0.39, 0.29) is 17.9 Å². The molecule has 1 aliphatic rings. The molecule has 1 aliphatic heterocycles. The van der Waals surface area contributed by atoms with Crippen molar-refractivity contribution in [2.45, 2.75) is 24.8 Å². The monoisotopic (exact) mass is 305 g/mol. The molecule has 3 rings (SSSR count). The number of hydrogen-bond donors (Lipinski definition) is 1. The molecular weight excluding hydrogens is 288 g/mol. The summed E-state index contributed by atoms with van der Waals surface area (Å²) >= 11 is 1.86. The van der Waals surface area contributed by atoms with Crippen molar-refractivity contribution in [3.05, 3.63) is 70.8 Å². The van der Waals surface area contributed by atoms with Gasteiger partial charge in [-0.3, -0.25) is 0 Å². The van der Waals surface area contributed by atoms with Gasteiger partial charge in [-0.2, -0.15) is 11.8 Å². The molecule has 0 fully saturated rings. The van der Waals surface area contributed by atoms with Crippen LogP contribution < -0.4 is 5.32 Å². The molecule has 0 spiro atoms. The third kappa shape index (κ3) is 3.11. The molecule has 1 N–H and O–H groups in total. The van der Waals surface area contributed by atoms with E-state index >= 15 is 0 Å². The first kappa shape index (κ1) is 14.5. The van der Waals surface area contributed by atoms with Crippen LogP contribution in [0.25, 0.3) is 0 Å². The number of benzene rings is 2. The molecule has 2 aromatic rings. The average molecular weight is 305 g/mol. The molecule has 0 amide bonds. The second-order valence-electron chi connectivity index (χ2n) is 5.32. The maximum Gasteiger partial charge on any atom is 0.128 e. The summed E-state index contributed by atoms with van der Waals surface area (Å²) in [7, 11) is 0. The zero-order chi connectivity index (χ0) is 14.8. The highest BCUT2D eigenvalue weighted by Gasteiger charge is 2.23. The van der Waals surface area contributed by atoms with E-state index in [4.69, 9.17) is 0 Å². The molecule has 21 heavy (non-hydrogen) atoms. The Hall–Kier alpha value is -1.39. The van der Waals surface area contributed by atoms with E-state index in [1.165, 1.54) is 23.3 Å². The summed E-state index contributed by atoms with van der Waals surface area (Å²) in [4.78, 5) is 0. The normalized spacial score (nSPS) is 19.1. The molecule has 2 aromatic carbocycles. The largest absolute Gasteiger partial charge is 0.302 e. The summed E-state index contributed by atoms with van der Waals surface area (Å²) in [6.45, 7) is 1.87. The van der Waals surface area contributed by atoms with Crippen LogP contribution in [-0.2, 0) is 5.75 Å². The first-order valence-corrected chi connectivity index (χ1v) is 8.17. The van der Waals surface area contributed by atoms with Gasteiger partial charge in [0.25, 0.3) is 0 Å². The molecule has 110 valence electrons. The lowest BCUT2D eigenvalue weighted by Crippen LogP contribution is -2.29. The van der Waals surface area contributed by atoms with E-state index in [1.807, 2.05) is 30.8 Å². The maximum absolute atomic E-state index is 13.9. The number of rotatable bonds is 3. The molecule has 4 heteroatoms. The maximum atomic E-state index is 13.9. The Balaban J connectivity index is 1.82. The Morgan fingerprint density at radius 3 is 2.86 bits per heavy atom. The van der Waals surface area contributed by atoms with E-state index in [1.54, 1.807) is 0 Å². The van der Waals surface area contributed by atoms with E-state index in [2.05, 4.69) is 17.4 Å².